The van der Waals surface area contributed by atoms with Crippen molar-refractivity contribution in [3.63, 3.8) is 0 Å². The van der Waals surface area contributed by atoms with E-state index in [0.29, 0.717) is 0 Å². The van der Waals surface area contributed by atoms with Gasteiger partial charge < -0.3 is 10.4 Å². The number of pyridine rings is 1. The van der Waals surface area contributed by atoms with Crippen molar-refractivity contribution in [1.29, 1.82) is 0 Å². The van der Waals surface area contributed by atoms with Crippen LogP contribution in [0.4, 0.5) is 5.69 Å². The number of halogens is 2. The van der Waals surface area contributed by atoms with E-state index in [9.17, 15) is 9.59 Å². The summed E-state index contributed by atoms with van der Waals surface area (Å²) in [4.78, 5) is 27.1. The third-order valence-corrected chi connectivity index (χ3v) is 3.56. The first-order valence-electron chi connectivity index (χ1n) is 5.43. The Morgan fingerprint density at radius 1 is 1.25 bits per heavy atom. The van der Waals surface area contributed by atoms with Gasteiger partial charge in [-0.1, -0.05) is 0 Å². The molecule has 0 aliphatic carbocycles. The van der Waals surface area contributed by atoms with Crippen LogP contribution < -0.4 is 5.32 Å². The third-order valence-electron chi connectivity index (χ3n) is 2.42. The Labute approximate surface area is 136 Å². The van der Waals surface area contributed by atoms with Crippen LogP contribution in [0, 0.1) is 3.57 Å². The Balaban J connectivity index is 2.28. The summed E-state index contributed by atoms with van der Waals surface area (Å²) in [5.41, 5.74) is 0.498. The van der Waals surface area contributed by atoms with E-state index in [4.69, 9.17) is 5.11 Å². The van der Waals surface area contributed by atoms with Crippen LogP contribution >= 0.6 is 38.5 Å². The minimum Gasteiger partial charge on any atom is -0.478 e. The van der Waals surface area contributed by atoms with Crippen LogP contribution in [0.2, 0.25) is 0 Å². The maximum Gasteiger partial charge on any atom is 0.337 e. The predicted octanol–water partition coefficient (Wildman–Crippen LogP) is 3.40. The highest BCUT2D eigenvalue weighted by molar-refractivity contribution is 14.1. The van der Waals surface area contributed by atoms with Crippen molar-refractivity contribution < 1.29 is 14.7 Å². The number of aromatic carboxylic acids is 1. The highest BCUT2D eigenvalue weighted by Gasteiger charge is 2.14. The Bertz CT molecular complexity index is 674. The molecule has 0 aliphatic rings. The zero-order chi connectivity index (χ0) is 14.7. The maximum absolute atomic E-state index is 12.0. The van der Waals surface area contributed by atoms with Gasteiger partial charge in [-0.25, -0.2) is 9.78 Å². The van der Waals surface area contributed by atoms with Crippen molar-refractivity contribution in [3.05, 3.63) is 55.8 Å². The number of carbonyl (C=O) groups is 2. The zero-order valence-corrected chi connectivity index (χ0v) is 13.7. The molecule has 0 fully saturated rings. The molecule has 0 saturated heterocycles. The third kappa shape index (κ3) is 3.54. The molecular formula is C13H8BrIN2O3. The summed E-state index contributed by atoms with van der Waals surface area (Å²) in [5, 5.41) is 11.7. The Hall–Kier alpha value is -1.48. The molecule has 2 aromatic rings. The van der Waals surface area contributed by atoms with Gasteiger partial charge in [0.05, 0.1) is 11.3 Å². The van der Waals surface area contributed by atoms with Gasteiger partial charge in [0.1, 0.15) is 5.69 Å². The first kappa shape index (κ1) is 14.9. The van der Waals surface area contributed by atoms with E-state index in [1.165, 1.54) is 12.3 Å². The normalized spacial score (nSPS) is 10.1. The van der Waals surface area contributed by atoms with E-state index in [1.54, 1.807) is 24.3 Å². The first-order valence-corrected chi connectivity index (χ1v) is 7.30. The monoisotopic (exact) mass is 446 g/mol. The minimum absolute atomic E-state index is 0.0439. The number of carboxylic acid groups (broad SMARTS) is 1. The molecule has 0 unspecified atom stereocenters. The predicted molar refractivity (Wildman–Crippen MR) is 86.0 cm³/mol. The topological polar surface area (TPSA) is 79.3 Å². The summed E-state index contributed by atoms with van der Waals surface area (Å²) < 4.78 is 1.54. The molecule has 0 bridgehead atoms. The van der Waals surface area contributed by atoms with E-state index < -0.39 is 11.9 Å². The summed E-state index contributed by atoms with van der Waals surface area (Å²) in [6, 6.07) is 8.01. The van der Waals surface area contributed by atoms with Crippen molar-refractivity contribution in [2.24, 2.45) is 0 Å². The number of hydrogen-bond acceptors (Lipinski definition) is 3. The molecule has 1 heterocycles. The lowest BCUT2D eigenvalue weighted by atomic mass is 10.1. The van der Waals surface area contributed by atoms with Crippen LogP contribution in [0.25, 0.3) is 0 Å². The highest BCUT2D eigenvalue weighted by Crippen LogP contribution is 2.19. The number of carbonyl (C=O) groups excluding carboxylic acids is 1. The second-order valence-corrected chi connectivity index (χ2v) is 5.97. The van der Waals surface area contributed by atoms with E-state index in [0.717, 1.165) is 8.04 Å². The number of nitrogens with one attached hydrogen (secondary N) is 1. The lowest BCUT2D eigenvalue weighted by Gasteiger charge is -2.08. The number of anilines is 1. The molecule has 7 heteroatoms. The lowest BCUT2D eigenvalue weighted by Crippen LogP contribution is -2.16. The molecule has 0 aliphatic heterocycles. The van der Waals surface area contributed by atoms with Gasteiger partial charge in [-0.2, -0.15) is 0 Å². The largest absolute Gasteiger partial charge is 0.478 e. The summed E-state index contributed by atoms with van der Waals surface area (Å²) in [6.07, 6.45) is 1.50. The molecule has 1 aromatic carbocycles. The molecule has 20 heavy (non-hydrogen) atoms. The molecule has 102 valence electrons. The van der Waals surface area contributed by atoms with Crippen LogP contribution in [0.3, 0.4) is 0 Å². The molecule has 5 nitrogen and oxygen atoms in total. The highest BCUT2D eigenvalue weighted by atomic mass is 127. The number of carboxylic acids is 1. The van der Waals surface area contributed by atoms with Gasteiger partial charge in [0.2, 0.25) is 0 Å². The average Bonchev–Trinajstić information content (AvgIpc) is 2.41. The van der Waals surface area contributed by atoms with Crippen LogP contribution in [-0.2, 0) is 0 Å². The second-order valence-electron chi connectivity index (χ2n) is 3.81. The van der Waals surface area contributed by atoms with E-state index in [-0.39, 0.29) is 16.9 Å². The van der Waals surface area contributed by atoms with Gasteiger partial charge in [-0.05, 0) is 68.9 Å². The maximum atomic E-state index is 12.0. The second kappa shape index (κ2) is 6.31. The molecule has 2 rings (SSSR count). The average molecular weight is 447 g/mol. The van der Waals surface area contributed by atoms with Gasteiger partial charge in [0.15, 0.2) is 0 Å². The molecular weight excluding hydrogens is 439 g/mol. The SMILES string of the molecule is O=C(Nc1ccc(I)cc1C(=O)O)c1ccc(Br)cn1. The number of amides is 1. The standard InChI is InChI=1S/C13H8BrIN2O3/c14-7-1-3-11(16-6-7)12(18)17-10-4-2-8(15)5-9(10)13(19)20/h1-6H,(H,17,18)(H,19,20). The van der Waals surface area contributed by atoms with E-state index >= 15 is 0 Å². The fourth-order valence-electron chi connectivity index (χ4n) is 1.50. The summed E-state index contributed by atoms with van der Waals surface area (Å²) in [5.74, 6) is -1.55. The Morgan fingerprint density at radius 2 is 2.00 bits per heavy atom. The van der Waals surface area contributed by atoms with Gasteiger partial charge in [-0.15, -0.1) is 0 Å². The van der Waals surface area contributed by atoms with E-state index in [2.05, 4.69) is 26.2 Å². The summed E-state index contributed by atoms with van der Waals surface area (Å²) in [7, 11) is 0. The fraction of sp³-hybridized carbons (Fsp3) is 0. The van der Waals surface area contributed by atoms with E-state index in [1.807, 2.05) is 22.6 Å². The zero-order valence-electron chi connectivity index (χ0n) is 9.93. The minimum atomic E-state index is -1.09. The Kier molecular flexibility index (Phi) is 4.71. The summed E-state index contributed by atoms with van der Waals surface area (Å²) in [6.45, 7) is 0. The number of rotatable bonds is 3. The number of hydrogen-bond donors (Lipinski definition) is 2. The lowest BCUT2D eigenvalue weighted by molar-refractivity contribution is 0.0698. The molecule has 0 spiro atoms. The van der Waals surface area contributed by atoms with Crippen molar-refractivity contribution in [3.8, 4) is 0 Å². The number of aromatic nitrogens is 1. The number of nitrogens with zero attached hydrogens (tertiary/aromatic N) is 1. The number of benzene rings is 1. The molecule has 0 radical (unpaired) electrons. The molecule has 2 N–H and O–H groups in total. The molecule has 1 aromatic heterocycles. The quantitative estimate of drug-likeness (QED) is 0.708. The van der Waals surface area contributed by atoms with Crippen molar-refractivity contribution in [2.45, 2.75) is 0 Å². The van der Waals surface area contributed by atoms with Crippen molar-refractivity contribution >= 4 is 56.1 Å². The Morgan fingerprint density at radius 3 is 2.60 bits per heavy atom. The van der Waals surface area contributed by atoms with Crippen molar-refractivity contribution in [1.82, 2.24) is 4.98 Å². The van der Waals surface area contributed by atoms with Crippen LogP contribution in [-0.4, -0.2) is 22.0 Å². The van der Waals surface area contributed by atoms with Crippen LogP contribution in [0.5, 0.6) is 0 Å². The molecule has 0 atom stereocenters. The van der Waals surface area contributed by atoms with Gasteiger partial charge in [0, 0.05) is 14.2 Å². The molecule has 0 saturated carbocycles. The molecule has 1 amide bonds. The van der Waals surface area contributed by atoms with Gasteiger partial charge in [-0.3, -0.25) is 4.79 Å². The van der Waals surface area contributed by atoms with Crippen LogP contribution in [0.1, 0.15) is 20.8 Å². The van der Waals surface area contributed by atoms with Gasteiger partial charge >= 0.3 is 5.97 Å². The fourth-order valence-corrected chi connectivity index (χ4v) is 2.22. The van der Waals surface area contributed by atoms with Crippen molar-refractivity contribution in [2.75, 3.05) is 5.32 Å². The smallest absolute Gasteiger partial charge is 0.337 e. The van der Waals surface area contributed by atoms with Gasteiger partial charge in [0.25, 0.3) is 5.91 Å². The first-order chi connectivity index (χ1) is 9.47. The summed E-state index contributed by atoms with van der Waals surface area (Å²) >= 11 is 5.24. The van der Waals surface area contributed by atoms with Crippen LogP contribution in [0.15, 0.2) is 41.0 Å².